The summed E-state index contributed by atoms with van der Waals surface area (Å²) >= 11 is 0. The Bertz CT molecular complexity index is 537. The maximum atomic E-state index is 11.3. The second-order valence-corrected chi connectivity index (χ2v) is 5.44. The molecule has 0 unspecified atom stereocenters. The van der Waals surface area contributed by atoms with Gasteiger partial charge in [0.2, 0.25) is 5.91 Å². The first-order chi connectivity index (χ1) is 8.80. The van der Waals surface area contributed by atoms with E-state index in [-0.39, 0.29) is 5.91 Å². The molecule has 1 aromatic carbocycles. The van der Waals surface area contributed by atoms with Crippen molar-refractivity contribution in [1.29, 1.82) is 0 Å². The Balaban J connectivity index is 2.15. The van der Waals surface area contributed by atoms with Gasteiger partial charge in [0.1, 0.15) is 5.54 Å². The molecule has 5 heteroatoms. The third-order valence-corrected chi connectivity index (χ3v) is 3.69. The Morgan fingerprint density at radius 2 is 2.16 bits per heavy atom. The molecule has 0 aromatic heterocycles. The maximum absolute atomic E-state index is 11.3. The zero-order valence-electron chi connectivity index (χ0n) is 11.4. The van der Waals surface area contributed by atoms with Crippen LogP contribution in [0.4, 0.5) is 5.69 Å². The summed E-state index contributed by atoms with van der Waals surface area (Å²) in [5.74, 6) is -0.848. The molecule has 1 aliphatic rings. The first-order valence-electron chi connectivity index (χ1n) is 6.17. The van der Waals surface area contributed by atoms with E-state index in [9.17, 15) is 14.7 Å². The Kier molecular flexibility index (Phi) is 3.32. The first kappa shape index (κ1) is 13.5. The van der Waals surface area contributed by atoms with Crippen LogP contribution in [0.2, 0.25) is 0 Å². The standard InChI is InChI=1S/C14H18N2O3/c1-14(2,13(18)19)16(3)8-9-4-5-11-10(6-9)7-12(17)15-11/h4-6H,7-8H2,1-3H3,(H,15,17)(H,18,19). The minimum Gasteiger partial charge on any atom is -0.480 e. The van der Waals surface area contributed by atoms with Crippen LogP contribution < -0.4 is 5.32 Å². The summed E-state index contributed by atoms with van der Waals surface area (Å²) in [4.78, 5) is 24.2. The summed E-state index contributed by atoms with van der Waals surface area (Å²) in [5, 5.41) is 12.0. The molecule has 0 saturated carbocycles. The van der Waals surface area contributed by atoms with Crippen LogP contribution in [0.5, 0.6) is 0 Å². The van der Waals surface area contributed by atoms with Crippen LogP contribution in [0, 0.1) is 0 Å². The molecule has 0 atom stereocenters. The Labute approximate surface area is 112 Å². The number of rotatable bonds is 4. The number of carbonyl (C=O) groups is 2. The number of hydrogen-bond donors (Lipinski definition) is 2. The van der Waals surface area contributed by atoms with Crippen molar-refractivity contribution in [2.24, 2.45) is 0 Å². The maximum Gasteiger partial charge on any atom is 0.323 e. The lowest BCUT2D eigenvalue weighted by molar-refractivity contribution is -0.148. The molecule has 19 heavy (non-hydrogen) atoms. The van der Waals surface area contributed by atoms with Gasteiger partial charge in [-0.15, -0.1) is 0 Å². The number of hydrogen-bond acceptors (Lipinski definition) is 3. The van der Waals surface area contributed by atoms with Gasteiger partial charge >= 0.3 is 5.97 Å². The van der Waals surface area contributed by atoms with E-state index in [4.69, 9.17) is 0 Å². The molecule has 0 bridgehead atoms. The molecule has 1 aliphatic heterocycles. The summed E-state index contributed by atoms with van der Waals surface area (Å²) in [5.41, 5.74) is 1.91. The van der Waals surface area contributed by atoms with E-state index >= 15 is 0 Å². The van der Waals surface area contributed by atoms with Crippen molar-refractivity contribution >= 4 is 17.6 Å². The molecule has 2 rings (SSSR count). The van der Waals surface area contributed by atoms with E-state index in [1.165, 1.54) is 0 Å². The van der Waals surface area contributed by atoms with Crippen molar-refractivity contribution in [3.8, 4) is 0 Å². The predicted molar refractivity (Wildman–Crippen MR) is 72.0 cm³/mol. The molecule has 5 nitrogen and oxygen atoms in total. The second-order valence-electron chi connectivity index (χ2n) is 5.44. The fourth-order valence-electron chi connectivity index (χ4n) is 2.02. The lowest BCUT2D eigenvalue weighted by atomic mass is 10.0. The summed E-state index contributed by atoms with van der Waals surface area (Å²) in [6.45, 7) is 3.88. The number of nitrogens with zero attached hydrogens (tertiary/aromatic N) is 1. The third-order valence-electron chi connectivity index (χ3n) is 3.69. The number of anilines is 1. The quantitative estimate of drug-likeness (QED) is 0.862. The molecule has 0 saturated heterocycles. The highest BCUT2D eigenvalue weighted by Gasteiger charge is 2.32. The van der Waals surface area contributed by atoms with Crippen molar-refractivity contribution in [3.05, 3.63) is 29.3 Å². The molecule has 0 spiro atoms. The van der Waals surface area contributed by atoms with E-state index in [1.807, 2.05) is 18.2 Å². The second kappa shape index (κ2) is 4.66. The van der Waals surface area contributed by atoms with Crippen LogP contribution >= 0.6 is 0 Å². The monoisotopic (exact) mass is 262 g/mol. The molecular formula is C14H18N2O3. The summed E-state index contributed by atoms with van der Waals surface area (Å²) < 4.78 is 0. The largest absolute Gasteiger partial charge is 0.480 e. The number of carboxylic acid groups (broad SMARTS) is 1. The number of aliphatic carboxylic acids is 1. The molecular weight excluding hydrogens is 244 g/mol. The molecule has 1 amide bonds. The number of fused-ring (bicyclic) bond motifs is 1. The van der Waals surface area contributed by atoms with Gasteiger partial charge in [-0.05, 0) is 38.1 Å². The third kappa shape index (κ3) is 2.61. The summed E-state index contributed by atoms with van der Waals surface area (Å²) in [6.07, 6.45) is 0.398. The number of amides is 1. The normalized spacial score (nSPS) is 14.4. The summed E-state index contributed by atoms with van der Waals surface area (Å²) in [6, 6.07) is 5.75. The molecule has 1 aromatic rings. The van der Waals surface area contributed by atoms with E-state index in [1.54, 1.807) is 25.8 Å². The fraction of sp³-hybridized carbons (Fsp3) is 0.429. The van der Waals surface area contributed by atoms with Crippen molar-refractivity contribution < 1.29 is 14.7 Å². The highest BCUT2D eigenvalue weighted by Crippen LogP contribution is 2.25. The SMILES string of the molecule is CN(Cc1ccc2c(c1)CC(=O)N2)C(C)(C)C(=O)O. The number of nitrogens with one attached hydrogen (secondary N) is 1. The first-order valence-corrected chi connectivity index (χ1v) is 6.17. The summed E-state index contributed by atoms with van der Waals surface area (Å²) in [7, 11) is 1.78. The van der Waals surface area contributed by atoms with Gasteiger partial charge in [-0.3, -0.25) is 14.5 Å². The van der Waals surface area contributed by atoms with Crippen molar-refractivity contribution in [3.63, 3.8) is 0 Å². The Morgan fingerprint density at radius 3 is 2.79 bits per heavy atom. The van der Waals surface area contributed by atoms with Gasteiger partial charge in [0.25, 0.3) is 0 Å². The zero-order chi connectivity index (χ0) is 14.2. The minimum atomic E-state index is -0.924. The van der Waals surface area contributed by atoms with E-state index < -0.39 is 11.5 Å². The average Bonchev–Trinajstić information content (AvgIpc) is 2.68. The van der Waals surface area contributed by atoms with Crippen molar-refractivity contribution in [1.82, 2.24) is 4.90 Å². The van der Waals surface area contributed by atoms with Gasteiger partial charge in [0.05, 0.1) is 6.42 Å². The van der Waals surface area contributed by atoms with Crippen LogP contribution in [0.3, 0.4) is 0 Å². The molecule has 0 radical (unpaired) electrons. The number of benzene rings is 1. The van der Waals surface area contributed by atoms with E-state index in [2.05, 4.69) is 5.32 Å². The molecule has 1 heterocycles. The Hall–Kier alpha value is -1.88. The van der Waals surface area contributed by atoms with Crippen LogP contribution in [0.15, 0.2) is 18.2 Å². The smallest absolute Gasteiger partial charge is 0.323 e. The van der Waals surface area contributed by atoms with Crippen LogP contribution in [0.1, 0.15) is 25.0 Å². The lowest BCUT2D eigenvalue weighted by Gasteiger charge is -2.31. The van der Waals surface area contributed by atoms with Crippen LogP contribution in [0.25, 0.3) is 0 Å². The highest BCUT2D eigenvalue weighted by molar-refractivity contribution is 5.99. The van der Waals surface area contributed by atoms with Gasteiger partial charge in [-0.1, -0.05) is 12.1 Å². The molecule has 2 N–H and O–H groups in total. The van der Waals surface area contributed by atoms with Crippen LogP contribution in [-0.4, -0.2) is 34.5 Å². The number of carboxylic acids is 1. The van der Waals surface area contributed by atoms with Gasteiger partial charge in [0, 0.05) is 12.2 Å². The Morgan fingerprint density at radius 1 is 1.47 bits per heavy atom. The number of likely N-dealkylation sites (N-methyl/N-ethyl adjacent to an activating group) is 1. The van der Waals surface area contributed by atoms with Crippen LogP contribution in [-0.2, 0) is 22.6 Å². The van der Waals surface area contributed by atoms with Gasteiger partial charge < -0.3 is 10.4 Å². The molecule has 0 fully saturated rings. The van der Waals surface area contributed by atoms with Gasteiger partial charge in [-0.2, -0.15) is 0 Å². The van der Waals surface area contributed by atoms with Gasteiger partial charge in [0.15, 0.2) is 0 Å². The number of carbonyl (C=O) groups excluding carboxylic acids is 1. The predicted octanol–water partition coefficient (Wildman–Crippen LogP) is 1.48. The molecule has 102 valence electrons. The van der Waals surface area contributed by atoms with Crippen molar-refractivity contribution in [2.75, 3.05) is 12.4 Å². The fourth-order valence-corrected chi connectivity index (χ4v) is 2.02. The topological polar surface area (TPSA) is 69.6 Å². The average molecular weight is 262 g/mol. The molecule has 0 aliphatic carbocycles. The highest BCUT2D eigenvalue weighted by atomic mass is 16.4. The zero-order valence-corrected chi connectivity index (χ0v) is 11.4. The lowest BCUT2D eigenvalue weighted by Crippen LogP contribution is -2.47. The van der Waals surface area contributed by atoms with E-state index in [0.29, 0.717) is 13.0 Å². The van der Waals surface area contributed by atoms with Gasteiger partial charge in [-0.25, -0.2) is 0 Å². The minimum absolute atomic E-state index is 0.00590. The van der Waals surface area contributed by atoms with Crippen molar-refractivity contribution in [2.45, 2.75) is 32.4 Å². The van der Waals surface area contributed by atoms with E-state index in [0.717, 1.165) is 16.8 Å².